The van der Waals surface area contributed by atoms with E-state index in [1.807, 2.05) is 32.9 Å². The molecule has 0 aromatic heterocycles. The van der Waals surface area contributed by atoms with Crippen LogP contribution in [0.15, 0.2) is 18.2 Å². The molecule has 0 aliphatic carbocycles. The molecule has 0 heterocycles. The van der Waals surface area contributed by atoms with E-state index in [-0.39, 0.29) is 18.2 Å². The molecule has 21 heavy (non-hydrogen) atoms. The molecule has 1 rings (SSSR count). The van der Waals surface area contributed by atoms with Crippen LogP contribution < -0.4 is 20.5 Å². The van der Waals surface area contributed by atoms with Gasteiger partial charge in [-0.3, -0.25) is 4.79 Å². The fraction of sp³-hybridized carbons (Fsp3) is 0.562. The summed E-state index contributed by atoms with van der Waals surface area (Å²) in [6, 6.07) is 5.47. The number of rotatable bonds is 7. The van der Waals surface area contributed by atoms with Crippen molar-refractivity contribution in [2.75, 3.05) is 20.8 Å². The number of nitrogens with two attached hydrogens (primary N) is 1. The summed E-state index contributed by atoms with van der Waals surface area (Å²) < 4.78 is 10.4. The molecule has 0 bridgehead atoms. The lowest BCUT2D eigenvalue weighted by molar-refractivity contribution is -0.122. The Morgan fingerprint density at radius 3 is 2.38 bits per heavy atom. The van der Waals surface area contributed by atoms with Gasteiger partial charge in [0, 0.05) is 6.54 Å². The molecular formula is C16H26N2O3. The van der Waals surface area contributed by atoms with Gasteiger partial charge in [-0.05, 0) is 30.5 Å². The third kappa shape index (κ3) is 4.36. The summed E-state index contributed by atoms with van der Waals surface area (Å²) in [7, 11) is 3.16. The van der Waals surface area contributed by atoms with E-state index in [0.29, 0.717) is 18.0 Å². The first-order chi connectivity index (χ1) is 9.86. The number of amides is 1. The molecule has 1 aromatic rings. The number of ether oxygens (including phenoxy) is 2. The molecule has 1 atom stereocenters. The largest absolute Gasteiger partial charge is 0.493 e. The minimum Gasteiger partial charge on any atom is -0.493 e. The Bertz CT molecular complexity index is 488. The molecular weight excluding hydrogens is 268 g/mol. The normalized spacial score (nSPS) is 13.7. The average Bonchev–Trinajstić information content (AvgIpc) is 2.46. The van der Waals surface area contributed by atoms with Crippen LogP contribution in [-0.2, 0) is 11.2 Å². The van der Waals surface area contributed by atoms with Crippen molar-refractivity contribution in [1.82, 2.24) is 5.32 Å². The molecule has 0 radical (unpaired) electrons. The van der Waals surface area contributed by atoms with E-state index in [0.717, 1.165) is 5.56 Å². The number of carbonyl (C=O) groups is 1. The predicted molar refractivity (Wildman–Crippen MR) is 83.7 cm³/mol. The fourth-order valence-electron chi connectivity index (χ4n) is 1.97. The fourth-order valence-corrected chi connectivity index (χ4v) is 1.97. The minimum atomic E-state index is -0.395. The summed E-state index contributed by atoms with van der Waals surface area (Å²) in [4.78, 5) is 12.2. The Morgan fingerprint density at radius 1 is 1.29 bits per heavy atom. The summed E-state index contributed by atoms with van der Waals surface area (Å²) in [6.07, 6.45) is 0.280. The Labute approximate surface area is 126 Å². The van der Waals surface area contributed by atoms with Crippen LogP contribution >= 0.6 is 0 Å². The maximum Gasteiger partial charge on any atom is 0.224 e. The van der Waals surface area contributed by atoms with Crippen LogP contribution in [-0.4, -0.2) is 32.2 Å². The van der Waals surface area contributed by atoms with Crippen LogP contribution in [0.4, 0.5) is 0 Å². The summed E-state index contributed by atoms with van der Waals surface area (Å²) in [6.45, 7) is 6.46. The number of carbonyl (C=O) groups excluding carboxylic acids is 1. The molecule has 3 N–H and O–H groups in total. The zero-order valence-electron chi connectivity index (χ0n) is 13.5. The summed E-state index contributed by atoms with van der Waals surface area (Å²) in [5.74, 6) is 1.48. The number of benzene rings is 1. The van der Waals surface area contributed by atoms with Crippen LogP contribution in [0.3, 0.4) is 0 Å². The molecule has 0 aliphatic rings. The lowest BCUT2D eigenvalue weighted by Gasteiger charge is -2.33. The molecule has 0 spiro atoms. The first-order valence-corrected chi connectivity index (χ1v) is 7.08. The second kappa shape index (κ2) is 7.31. The van der Waals surface area contributed by atoms with Gasteiger partial charge in [-0.25, -0.2) is 0 Å². The van der Waals surface area contributed by atoms with Gasteiger partial charge in [0.2, 0.25) is 5.91 Å². The Balaban J connectivity index is 2.79. The maximum atomic E-state index is 12.2. The summed E-state index contributed by atoms with van der Waals surface area (Å²) in [5, 5.41) is 3.02. The number of hydrogen-bond donors (Lipinski definition) is 2. The topological polar surface area (TPSA) is 73.6 Å². The van der Waals surface area contributed by atoms with Crippen LogP contribution in [0.1, 0.15) is 26.3 Å². The van der Waals surface area contributed by atoms with Crippen molar-refractivity contribution < 1.29 is 14.3 Å². The lowest BCUT2D eigenvalue weighted by Crippen LogP contribution is -2.55. The molecule has 5 nitrogen and oxygen atoms in total. The van der Waals surface area contributed by atoms with Crippen molar-refractivity contribution in [3.8, 4) is 11.5 Å². The van der Waals surface area contributed by atoms with Crippen molar-refractivity contribution in [2.24, 2.45) is 11.7 Å². The standard InChI is InChI=1S/C16H26N2O3/c1-11(2)16(3,10-17)18-15(19)9-12-6-7-13(20-4)14(8-12)21-5/h6-8,11H,9-10,17H2,1-5H3,(H,18,19). The van der Waals surface area contributed by atoms with Gasteiger partial charge in [0.15, 0.2) is 11.5 Å². The van der Waals surface area contributed by atoms with E-state index < -0.39 is 5.54 Å². The third-order valence-electron chi connectivity index (χ3n) is 3.94. The van der Waals surface area contributed by atoms with Gasteiger partial charge in [-0.1, -0.05) is 19.9 Å². The van der Waals surface area contributed by atoms with Crippen molar-refractivity contribution in [2.45, 2.75) is 32.7 Å². The quantitative estimate of drug-likeness (QED) is 0.803. The zero-order valence-corrected chi connectivity index (χ0v) is 13.5. The molecule has 1 unspecified atom stereocenters. The van der Waals surface area contributed by atoms with E-state index in [1.165, 1.54) is 0 Å². The first kappa shape index (κ1) is 17.3. The smallest absolute Gasteiger partial charge is 0.224 e. The molecule has 0 saturated heterocycles. The van der Waals surface area contributed by atoms with Crippen molar-refractivity contribution >= 4 is 5.91 Å². The number of nitrogens with one attached hydrogen (secondary N) is 1. The minimum absolute atomic E-state index is 0.0520. The van der Waals surface area contributed by atoms with Gasteiger partial charge < -0.3 is 20.5 Å². The van der Waals surface area contributed by atoms with Crippen molar-refractivity contribution in [1.29, 1.82) is 0 Å². The van der Waals surface area contributed by atoms with Crippen molar-refractivity contribution in [3.63, 3.8) is 0 Å². The highest BCUT2D eigenvalue weighted by molar-refractivity contribution is 5.79. The van der Waals surface area contributed by atoms with E-state index in [4.69, 9.17) is 15.2 Å². The molecule has 0 fully saturated rings. The molecule has 0 saturated carbocycles. The average molecular weight is 294 g/mol. The lowest BCUT2D eigenvalue weighted by atomic mass is 9.88. The monoisotopic (exact) mass is 294 g/mol. The number of hydrogen-bond acceptors (Lipinski definition) is 4. The molecule has 118 valence electrons. The highest BCUT2D eigenvalue weighted by Crippen LogP contribution is 2.27. The van der Waals surface area contributed by atoms with Crippen LogP contribution in [0.2, 0.25) is 0 Å². The SMILES string of the molecule is COc1ccc(CC(=O)NC(C)(CN)C(C)C)cc1OC. The van der Waals surface area contributed by atoms with Crippen LogP contribution in [0.25, 0.3) is 0 Å². The van der Waals surface area contributed by atoms with E-state index >= 15 is 0 Å². The molecule has 0 aliphatic heterocycles. The summed E-state index contributed by atoms with van der Waals surface area (Å²) in [5.41, 5.74) is 6.26. The van der Waals surface area contributed by atoms with Gasteiger partial charge in [-0.2, -0.15) is 0 Å². The Morgan fingerprint density at radius 2 is 1.90 bits per heavy atom. The predicted octanol–water partition coefficient (Wildman–Crippen LogP) is 1.74. The molecule has 1 amide bonds. The third-order valence-corrected chi connectivity index (χ3v) is 3.94. The van der Waals surface area contributed by atoms with E-state index in [9.17, 15) is 4.79 Å². The van der Waals surface area contributed by atoms with Gasteiger partial charge in [0.25, 0.3) is 0 Å². The van der Waals surface area contributed by atoms with Crippen LogP contribution in [0, 0.1) is 5.92 Å². The van der Waals surface area contributed by atoms with Gasteiger partial charge in [0.1, 0.15) is 0 Å². The van der Waals surface area contributed by atoms with Gasteiger partial charge in [-0.15, -0.1) is 0 Å². The first-order valence-electron chi connectivity index (χ1n) is 7.08. The maximum absolute atomic E-state index is 12.2. The second-order valence-corrected chi connectivity index (χ2v) is 5.69. The van der Waals surface area contributed by atoms with Crippen LogP contribution in [0.5, 0.6) is 11.5 Å². The number of methoxy groups -OCH3 is 2. The Hall–Kier alpha value is -1.75. The summed E-state index contributed by atoms with van der Waals surface area (Å²) >= 11 is 0. The highest BCUT2D eigenvalue weighted by atomic mass is 16.5. The van der Waals surface area contributed by atoms with Crippen molar-refractivity contribution in [3.05, 3.63) is 23.8 Å². The van der Waals surface area contributed by atoms with Gasteiger partial charge in [0.05, 0.1) is 26.2 Å². The van der Waals surface area contributed by atoms with E-state index in [2.05, 4.69) is 5.32 Å². The zero-order chi connectivity index (χ0) is 16.0. The highest BCUT2D eigenvalue weighted by Gasteiger charge is 2.28. The second-order valence-electron chi connectivity index (χ2n) is 5.69. The molecule has 1 aromatic carbocycles. The van der Waals surface area contributed by atoms with Gasteiger partial charge >= 0.3 is 0 Å². The van der Waals surface area contributed by atoms with E-state index in [1.54, 1.807) is 20.3 Å². The molecule has 5 heteroatoms. The Kier molecular flexibility index (Phi) is 6.03.